The van der Waals surface area contributed by atoms with Gasteiger partial charge in [-0.25, -0.2) is 4.39 Å². The molecule has 0 saturated heterocycles. The van der Waals surface area contributed by atoms with E-state index in [9.17, 15) is 45.8 Å². The lowest BCUT2D eigenvalue weighted by atomic mass is 9.91. The first-order valence-corrected chi connectivity index (χ1v) is 15.1. The lowest BCUT2D eigenvalue weighted by Gasteiger charge is -2.26. The monoisotopic (exact) mass is 705 g/mol. The number of carbonyl (C=O) groups is 2. The van der Waals surface area contributed by atoms with Crippen molar-refractivity contribution in [1.29, 1.82) is 0 Å². The van der Waals surface area contributed by atoms with Crippen LogP contribution in [0.4, 0.5) is 30.7 Å². The van der Waals surface area contributed by atoms with Crippen molar-refractivity contribution in [2.45, 2.75) is 44.2 Å². The molecule has 1 amide bonds. The number of aryl methyl sites for hydroxylation is 1. The Morgan fingerprint density at radius 3 is 2.28 bits per heavy atom. The van der Waals surface area contributed by atoms with Gasteiger partial charge in [-0.05, 0) is 80.0 Å². The average Bonchev–Trinajstić information content (AvgIpc) is 3.00. The minimum absolute atomic E-state index is 0.00824. The Kier molecular flexibility index (Phi) is 9.83. The van der Waals surface area contributed by atoms with Crippen LogP contribution in [0.2, 0.25) is 0 Å². The van der Waals surface area contributed by atoms with Gasteiger partial charge in [-0.15, -0.1) is 0 Å². The topological polar surface area (TPSA) is 101 Å². The highest BCUT2D eigenvalue weighted by molar-refractivity contribution is 5.85. The molecule has 0 aliphatic carbocycles. The molecule has 50 heavy (non-hydrogen) atoms. The summed E-state index contributed by atoms with van der Waals surface area (Å²) in [4.78, 5) is 41.2. The van der Waals surface area contributed by atoms with Gasteiger partial charge in [-0.3, -0.25) is 19.0 Å². The van der Waals surface area contributed by atoms with Crippen molar-refractivity contribution in [1.82, 2.24) is 14.8 Å². The third-order valence-corrected chi connectivity index (χ3v) is 8.23. The highest BCUT2D eigenvalue weighted by Gasteiger charge is 2.39. The number of amides is 1. The summed E-state index contributed by atoms with van der Waals surface area (Å²) in [5.41, 5.74) is -5.05. The van der Waals surface area contributed by atoms with Crippen LogP contribution in [0.1, 0.15) is 51.9 Å². The van der Waals surface area contributed by atoms with Crippen LogP contribution in [0.15, 0.2) is 71.7 Å². The standard InChI is InChI=1S/C35H30F7N3O5/c1-18-6-4-9-27-30(18)21-13-23(31(36)25(14-21)35(40,41)42)26(16-29(47)48)43-33(49)32(19-7-5-8-22(12-19)50-27)45-17-20(10-11-44(2)3)24(15-28(45)46)34(37,38)39/h4-9,12-15,17,26,32H,10-11,16H2,1-3H3,(H,43,49)(H,47,48). The first-order valence-electron chi connectivity index (χ1n) is 15.1. The lowest BCUT2D eigenvalue weighted by molar-refractivity contribution is -0.140. The van der Waals surface area contributed by atoms with Gasteiger partial charge in [0.2, 0.25) is 5.91 Å². The summed E-state index contributed by atoms with van der Waals surface area (Å²) in [6.45, 7) is 1.70. The Balaban J connectivity index is 1.83. The molecule has 1 aliphatic heterocycles. The molecule has 3 aromatic carbocycles. The zero-order chi connectivity index (χ0) is 36.7. The van der Waals surface area contributed by atoms with Crippen molar-refractivity contribution in [3.8, 4) is 22.6 Å². The number of alkyl halides is 6. The minimum atomic E-state index is -5.25. The van der Waals surface area contributed by atoms with Crippen LogP contribution in [0.5, 0.6) is 11.5 Å². The summed E-state index contributed by atoms with van der Waals surface area (Å²) in [5.74, 6) is -4.60. The molecule has 5 rings (SSSR count). The second kappa shape index (κ2) is 13.6. The molecule has 2 heterocycles. The van der Waals surface area contributed by atoms with E-state index in [0.717, 1.165) is 16.8 Å². The summed E-state index contributed by atoms with van der Waals surface area (Å²) in [5, 5.41) is 12.0. The maximum Gasteiger partial charge on any atom is 0.419 e. The highest BCUT2D eigenvalue weighted by Crippen LogP contribution is 2.43. The van der Waals surface area contributed by atoms with Crippen molar-refractivity contribution >= 4 is 11.9 Å². The number of nitrogens with one attached hydrogen (secondary N) is 1. The van der Waals surface area contributed by atoms with Crippen LogP contribution in [0, 0.1) is 12.7 Å². The maximum absolute atomic E-state index is 15.9. The van der Waals surface area contributed by atoms with E-state index < -0.39 is 70.8 Å². The SMILES string of the molecule is Cc1cccc2c1-c1cc(c(F)c(C(F)(F)F)c1)C(CC(=O)O)NC(=O)C(n1cc(CCN(C)C)c(C(F)(F)F)cc1=O)c1cccc(c1)O2. The van der Waals surface area contributed by atoms with E-state index in [4.69, 9.17) is 4.74 Å². The number of pyridine rings is 1. The van der Waals surface area contributed by atoms with E-state index in [-0.39, 0.29) is 46.7 Å². The van der Waals surface area contributed by atoms with Gasteiger partial charge in [0, 0.05) is 29.9 Å². The zero-order valence-corrected chi connectivity index (χ0v) is 26.7. The number of hydrogen-bond acceptors (Lipinski definition) is 5. The van der Waals surface area contributed by atoms with Crippen LogP contribution < -0.4 is 15.6 Å². The normalized spacial score (nSPS) is 16.4. The van der Waals surface area contributed by atoms with Crippen LogP contribution >= 0.6 is 0 Å². The van der Waals surface area contributed by atoms with Gasteiger partial charge in [0.15, 0.2) is 0 Å². The summed E-state index contributed by atoms with van der Waals surface area (Å²) >= 11 is 0. The van der Waals surface area contributed by atoms with Gasteiger partial charge in [0.05, 0.1) is 23.6 Å². The van der Waals surface area contributed by atoms with Gasteiger partial charge in [-0.2, -0.15) is 26.3 Å². The zero-order valence-electron chi connectivity index (χ0n) is 26.7. The summed E-state index contributed by atoms with van der Waals surface area (Å²) in [6.07, 6.45) is -10.6. The predicted octanol–water partition coefficient (Wildman–Crippen LogP) is 7.13. The highest BCUT2D eigenvalue weighted by atomic mass is 19.4. The molecule has 4 bridgehead atoms. The first kappa shape index (κ1) is 36.1. The van der Waals surface area contributed by atoms with E-state index in [0.29, 0.717) is 17.7 Å². The Labute approximate surface area is 280 Å². The molecule has 2 atom stereocenters. The molecule has 1 aliphatic rings. The largest absolute Gasteiger partial charge is 0.481 e. The fourth-order valence-electron chi connectivity index (χ4n) is 5.93. The molecular formula is C35H30F7N3O5. The van der Waals surface area contributed by atoms with E-state index in [2.05, 4.69) is 5.32 Å². The van der Waals surface area contributed by atoms with Crippen LogP contribution in [0.3, 0.4) is 0 Å². The van der Waals surface area contributed by atoms with Gasteiger partial charge in [0.1, 0.15) is 23.4 Å². The van der Waals surface area contributed by atoms with Crippen molar-refractivity contribution in [2.24, 2.45) is 0 Å². The second-order valence-electron chi connectivity index (χ2n) is 12.1. The number of aromatic nitrogens is 1. The maximum atomic E-state index is 15.9. The van der Waals surface area contributed by atoms with Crippen molar-refractivity contribution in [2.75, 3.05) is 20.6 Å². The van der Waals surface area contributed by atoms with Gasteiger partial charge < -0.3 is 20.1 Å². The van der Waals surface area contributed by atoms with E-state index >= 15 is 4.39 Å². The molecule has 0 spiro atoms. The first-order chi connectivity index (χ1) is 23.3. The van der Waals surface area contributed by atoms with E-state index in [1.54, 1.807) is 38.1 Å². The molecular weight excluding hydrogens is 675 g/mol. The number of carbonyl (C=O) groups excluding carboxylic acids is 1. The molecule has 0 fully saturated rings. The van der Waals surface area contributed by atoms with Crippen LogP contribution in [0.25, 0.3) is 11.1 Å². The molecule has 15 heteroatoms. The number of fused-ring (bicyclic) bond motifs is 6. The summed E-state index contributed by atoms with van der Waals surface area (Å²) in [6, 6.07) is 8.29. The van der Waals surface area contributed by atoms with E-state index in [1.807, 2.05) is 0 Å². The number of carboxylic acids is 1. The Hall–Kier alpha value is -5.18. The molecule has 1 aromatic heterocycles. The second-order valence-corrected chi connectivity index (χ2v) is 12.1. The van der Waals surface area contributed by atoms with Gasteiger partial charge >= 0.3 is 18.3 Å². The van der Waals surface area contributed by atoms with Crippen LogP contribution in [-0.2, 0) is 28.4 Å². The van der Waals surface area contributed by atoms with Gasteiger partial charge in [-0.1, -0.05) is 24.3 Å². The number of ether oxygens (including phenoxy) is 1. The number of benzene rings is 3. The van der Waals surface area contributed by atoms with Crippen molar-refractivity contribution < 1.29 is 50.2 Å². The number of halogens is 7. The lowest BCUT2D eigenvalue weighted by Crippen LogP contribution is -2.41. The third-order valence-electron chi connectivity index (χ3n) is 8.23. The Morgan fingerprint density at radius 1 is 0.960 bits per heavy atom. The fourth-order valence-corrected chi connectivity index (χ4v) is 5.93. The minimum Gasteiger partial charge on any atom is -0.481 e. The quantitative estimate of drug-likeness (QED) is 0.207. The molecule has 2 N–H and O–H groups in total. The Bertz CT molecular complexity index is 2020. The molecule has 8 nitrogen and oxygen atoms in total. The number of aliphatic carboxylic acids is 1. The average molecular weight is 706 g/mol. The third kappa shape index (κ3) is 7.52. The van der Waals surface area contributed by atoms with Crippen molar-refractivity contribution in [3.05, 3.63) is 116 Å². The number of hydrogen-bond donors (Lipinski definition) is 2. The number of rotatable bonds is 6. The number of carboxylic acid groups (broad SMARTS) is 1. The molecule has 2 unspecified atom stereocenters. The molecule has 4 aromatic rings. The van der Waals surface area contributed by atoms with Crippen LogP contribution in [-0.4, -0.2) is 47.1 Å². The fraction of sp³-hybridized carbons (Fsp3) is 0.286. The van der Waals surface area contributed by atoms with Crippen molar-refractivity contribution in [3.63, 3.8) is 0 Å². The smallest absolute Gasteiger partial charge is 0.419 e. The summed E-state index contributed by atoms with van der Waals surface area (Å²) in [7, 11) is 3.25. The summed E-state index contributed by atoms with van der Waals surface area (Å²) < 4.78 is 108. The molecule has 0 radical (unpaired) electrons. The molecule has 264 valence electrons. The van der Waals surface area contributed by atoms with Gasteiger partial charge in [0.25, 0.3) is 5.56 Å². The number of likely N-dealkylation sites (N-methyl/N-ethyl adjacent to an activating group) is 1. The predicted molar refractivity (Wildman–Crippen MR) is 167 cm³/mol. The van der Waals surface area contributed by atoms with E-state index in [1.165, 1.54) is 30.3 Å². The Morgan fingerprint density at radius 2 is 1.64 bits per heavy atom. The molecule has 0 saturated carbocycles. The number of nitrogens with zero attached hydrogens (tertiary/aromatic N) is 2.